The number of rotatable bonds is 5. The van der Waals surface area contributed by atoms with Crippen molar-refractivity contribution in [1.82, 2.24) is 0 Å². The fraction of sp³-hybridized carbons (Fsp3) is 0.133. The SMILES string of the molecule is COc1c(-c2ccccc2)ccc(CC(=O)O)c1[N+](=O)[O-]. The Balaban J connectivity index is 2.67. The van der Waals surface area contributed by atoms with Crippen LogP contribution in [0.2, 0.25) is 0 Å². The number of hydrogen-bond acceptors (Lipinski definition) is 4. The van der Waals surface area contributed by atoms with E-state index < -0.39 is 17.3 Å². The molecule has 0 saturated carbocycles. The van der Waals surface area contributed by atoms with E-state index in [1.165, 1.54) is 13.2 Å². The summed E-state index contributed by atoms with van der Waals surface area (Å²) in [5.74, 6) is -1.06. The monoisotopic (exact) mass is 287 g/mol. The molecule has 2 rings (SSSR count). The molecule has 0 aromatic heterocycles. The second-order valence-electron chi connectivity index (χ2n) is 4.35. The van der Waals surface area contributed by atoms with Crippen LogP contribution in [0.25, 0.3) is 11.1 Å². The highest BCUT2D eigenvalue weighted by atomic mass is 16.6. The summed E-state index contributed by atoms with van der Waals surface area (Å²) in [6, 6.07) is 12.2. The minimum absolute atomic E-state index is 0.0740. The van der Waals surface area contributed by atoms with Crippen molar-refractivity contribution >= 4 is 11.7 Å². The van der Waals surface area contributed by atoms with Gasteiger partial charge in [0.2, 0.25) is 5.75 Å². The van der Waals surface area contributed by atoms with Crippen LogP contribution in [0.3, 0.4) is 0 Å². The minimum Gasteiger partial charge on any atom is -0.490 e. The van der Waals surface area contributed by atoms with Crippen LogP contribution < -0.4 is 4.74 Å². The van der Waals surface area contributed by atoms with Gasteiger partial charge in [-0.2, -0.15) is 0 Å². The summed E-state index contributed by atoms with van der Waals surface area (Å²) in [4.78, 5) is 21.5. The Morgan fingerprint density at radius 2 is 1.90 bits per heavy atom. The third-order valence-corrected chi connectivity index (χ3v) is 3.03. The number of nitro groups is 1. The van der Waals surface area contributed by atoms with Crippen molar-refractivity contribution < 1.29 is 19.6 Å². The third kappa shape index (κ3) is 3.00. The molecule has 6 nitrogen and oxygen atoms in total. The molecule has 108 valence electrons. The van der Waals surface area contributed by atoms with Gasteiger partial charge in [0.05, 0.1) is 18.5 Å². The first-order valence-corrected chi connectivity index (χ1v) is 6.16. The highest BCUT2D eigenvalue weighted by molar-refractivity contribution is 5.80. The lowest BCUT2D eigenvalue weighted by molar-refractivity contribution is -0.386. The molecule has 0 unspecified atom stereocenters. The molecule has 0 radical (unpaired) electrons. The van der Waals surface area contributed by atoms with Crippen LogP contribution in [0.15, 0.2) is 42.5 Å². The maximum absolute atomic E-state index is 11.3. The Hall–Kier alpha value is -2.89. The molecule has 0 atom stereocenters. The first-order valence-electron chi connectivity index (χ1n) is 6.16. The molecule has 21 heavy (non-hydrogen) atoms. The van der Waals surface area contributed by atoms with E-state index in [0.717, 1.165) is 5.56 Å². The smallest absolute Gasteiger partial charge is 0.315 e. The van der Waals surface area contributed by atoms with Crippen LogP contribution in [0.5, 0.6) is 5.75 Å². The lowest BCUT2D eigenvalue weighted by Crippen LogP contribution is -2.06. The van der Waals surface area contributed by atoms with Crippen molar-refractivity contribution in [1.29, 1.82) is 0 Å². The minimum atomic E-state index is -1.13. The lowest BCUT2D eigenvalue weighted by Gasteiger charge is -2.11. The zero-order chi connectivity index (χ0) is 15.4. The normalized spacial score (nSPS) is 10.1. The number of carbonyl (C=O) groups is 1. The highest BCUT2D eigenvalue weighted by Crippen LogP contribution is 2.40. The number of carboxylic acids is 1. The van der Waals surface area contributed by atoms with Gasteiger partial charge in [0.15, 0.2) is 0 Å². The maximum Gasteiger partial charge on any atom is 0.315 e. The quantitative estimate of drug-likeness (QED) is 0.674. The number of benzene rings is 2. The number of nitro benzene ring substituents is 1. The summed E-state index contributed by atoms with van der Waals surface area (Å²) in [6.07, 6.45) is -0.429. The van der Waals surface area contributed by atoms with Crippen LogP contribution in [0, 0.1) is 10.1 Å². The van der Waals surface area contributed by atoms with Crippen LogP contribution in [-0.2, 0) is 11.2 Å². The average Bonchev–Trinajstić information content (AvgIpc) is 2.46. The summed E-state index contributed by atoms with van der Waals surface area (Å²) < 4.78 is 5.18. The molecule has 0 bridgehead atoms. The van der Waals surface area contributed by atoms with Crippen molar-refractivity contribution in [3.05, 3.63) is 58.1 Å². The van der Waals surface area contributed by atoms with E-state index in [4.69, 9.17) is 9.84 Å². The zero-order valence-corrected chi connectivity index (χ0v) is 11.3. The van der Waals surface area contributed by atoms with Crippen molar-refractivity contribution in [2.24, 2.45) is 0 Å². The summed E-state index contributed by atoms with van der Waals surface area (Å²) in [7, 11) is 1.33. The van der Waals surface area contributed by atoms with E-state index in [1.54, 1.807) is 18.2 Å². The summed E-state index contributed by atoms with van der Waals surface area (Å²) in [6.45, 7) is 0. The number of hydrogen-bond donors (Lipinski definition) is 1. The Morgan fingerprint density at radius 3 is 2.43 bits per heavy atom. The molecule has 0 spiro atoms. The van der Waals surface area contributed by atoms with Crippen molar-refractivity contribution in [2.75, 3.05) is 7.11 Å². The molecule has 0 aliphatic heterocycles. The van der Waals surface area contributed by atoms with E-state index in [1.807, 2.05) is 18.2 Å². The van der Waals surface area contributed by atoms with Crippen LogP contribution in [-0.4, -0.2) is 23.1 Å². The molecule has 0 fully saturated rings. The first kappa shape index (κ1) is 14.5. The van der Waals surface area contributed by atoms with Crippen molar-refractivity contribution in [3.8, 4) is 16.9 Å². The van der Waals surface area contributed by atoms with E-state index in [2.05, 4.69) is 0 Å². The molecule has 2 aromatic rings. The topological polar surface area (TPSA) is 89.7 Å². The summed E-state index contributed by atoms with van der Waals surface area (Å²) in [5.41, 5.74) is 1.13. The van der Waals surface area contributed by atoms with E-state index in [-0.39, 0.29) is 17.0 Å². The van der Waals surface area contributed by atoms with Gasteiger partial charge in [-0.25, -0.2) is 0 Å². The third-order valence-electron chi connectivity index (χ3n) is 3.03. The van der Waals surface area contributed by atoms with Gasteiger partial charge >= 0.3 is 11.7 Å². The zero-order valence-electron chi connectivity index (χ0n) is 11.3. The Bertz CT molecular complexity index is 682. The van der Waals surface area contributed by atoms with Crippen molar-refractivity contribution in [3.63, 3.8) is 0 Å². The van der Waals surface area contributed by atoms with E-state index in [0.29, 0.717) is 5.56 Å². The van der Waals surface area contributed by atoms with Gasteiger partial charge in [-0.3, -0.25) is 14.9 Å². The number of aliphatic carboxylic acids is 1. The number of methoxy groups -OCH3 is 1. The molecular weight excluding hydrogens is 274 g/mol. The molecule has 1 N–H and O–H groups in total. The van der Waals surface area contributed by atoms with Gasteiger partial charge in [-0.1, -0.05) is 36.4 Å². The van der Waals surface area contributed by atoms with Crippen molar-refractivity contribution in [2.45, 2.75) is 6.42 Å². The maximum atomic E-state index is 11.3. The van der Waals surface area contributed by atoms with E-state index in [9.17, 15) is 14.9 Å². The molecule has 0 amide bonds. The van der Waals surface area contributed by atoms with Gasteiger partial charge in [-0.15, -0.1) is 0 Å². The van der Waals surface area contributed by atoms with Gasteiger partial charge < -0.3 is 9.84 Å². The molecule has 0 aliphatic rings. The molecule has 2 aromatic carbocycles. The second-order valence-corrected chi connectivity index (χ2v) is 4.35. The predicted octanol–water partition coefficient (Wildman–Crippen LogP) is 2.90. The predicted molar refractivity (Wildman–Crippen MR) is 76.4 cm³/mol. The number of carboxylic acid groups (broad SMARTS) is 1. The fourth-order valence-corrected chi connectivity index (χ4v) is 2.17. The van der Waals surface area contributed by atoms with Crippen LogP contribution in [0.4, 0.5) is 5.69 Å². The highest BCUT2D eigenvalue weighted by Gasteiger charge is 2.25. The Labute approximate surface area is 120 Å². The van der Waals surface area contributed by atoms with Crippen LogP contribution in [0.1, 0.15) is 5.56 Å². The van der Waals surface area contributed by atoms with Gasteiger partial charge in [-0.05, 0) is 11.6 Å². The first-order chi connectivity index (χ1) is 10.0. The number of ether oxygens (including phenoxy) is 1. The summed E-state index contributed by atoms with van der Waals surface area (Å²) in [5, 5.41) is 20.2. The standard InChI is InChI=1S/C15H13NO5/c1-21-15-12(10-5-3-2-4-6-10)8-7-11(9-13(17)18)14(15)16(19)20/h2-8H,9H2,1H3,(H,17,18). The molecule has 0 heterocycles. The largest absolute Gasteiger partial charge is 0.490 e. The molecular formula is C15H13NO5. The van der Waals surface area contributed by atoms with Gasteiger partial charge in [0, 0.05) is 11.1 Å². The lowest BCUT2D eigenvalue weighted by atomic mass is 9.99. The van der Waals surface area contributed by atoms with Gasteiger partial charge in [0.1, 0.15) is 0 Å². The second kappa shape index (κ2) is 6.04. The van der Waals surface area contributed by atoms with E-state index >= 15 is 0 Å². The van der Waals surface area contributed by atoms with Gasteiger partial charge in [0.25, 0.3) is 0 Å². The fourth-order valence-electron chi connectivity index (χ4n) is 2.17. The molecule has 0 aliphatic carbocycles. The average molecular weight is 287 g/mol. The number of nitrogens with zero attached hydrogens (tertiary/aromatic N) is 1. The summed E-state index contributed by atoms with van der Waals surface area (Å²) >= 11 is 0. The Kier molecular flexibility index (Phi) is 4.18. The van der Waals surface area contributed by atoms with Crippen LogP contribution >= 0.6 is 0 Å². The molecule has 6 heteroatoms. The molecule has 0 saturated heterocycles. The Morgan fingerprint density at radius 1 is 1.24 bits per heavy atom.